The summed E-state index contributed by atoms with van der Waals surface area (Å²) in [6.45, 7) is 7.49. The second kappa shape index (κ2) is 8.28. The van der Waals surface area contributed by atoms with Gasteiger partial charge in [-0.2, -0.15) is 0 Å². The van der Waals surface area contributed by atoms with Crippen molar-refractivity contribution in [2.45, 2.75) is 33.4 Å². The minimum atomic E-state index is -0.0386. The Bertz CT molecular complexity index is 297. The standard InChI is InChI=1S/C13H23NO3/c1-11(2)10-16-7-3-6-14-8-12-4-5-13(9-15)17-12/h4-5,11,14-15H,3,6-10H2,1-2H3. The molecule has 1 aromatic heterocycles. The summed E-state index contributed by atoms with van der Waals surface area (Å²) in [6, 6.07) is 3.68. The smallest absolute Gasteiger partial charge is 0.129 e. The van der Waals surface area contributed by atoms with Crippen molar-refractivity contribution in [3.8, 4) is 0 Å². The Hall–Kier alpha value is -0.840. The Kier molecular flexibility index (Phi) is 6.93. The molecule has 0 fully saturated rings. The number of furan rings is 1. The lowest BCUT2D eigenvalue weighted by molar-refractivity contribution is 0.108. The van der Waals surface area contributed by atoms with Crippen LogP contribution in [0.5, 0.6) is 0 Å². The van der Waals surface area contributed by atoms with E-state index >= 15 is 0 Å². The molecule has 0 aliphatic carbocycles. The van der Waals surface area contributed by atoms with E-state index in [0.717, 1.165) is 31.9 Å². The highest BCUT2D eigenvalue weighted by Crippen LogP contribution is 2.06. The van der Waals surface area contributed by atoms with Gasteiger partial charge in [-0.1, -0.05) is 13.8 Å². The highest BCUT2D eigenvalue weighted by molar-refractivity contribution is 5.05. The Morgan fingerprint density at radius 1 is 1.35 bits per heavy atom. The second-order valence-corrected chi connectivity index (χ2v) is 4.53. The molecule has 0 aromatic carbocycles. The van der Waals surface area contributed by atoms with Crippen LogP contribution < -0.4 is 5.32 Å². The van der Waals surface area contributed by atoms with Crippen LogP contribution in [-0.2, 0) is 17.9 Å². The van der Waals surface area contributed by atoms with Crippen LogP contribution in [0.3, 0.4) is 0 Å². The van der Waals surface area contributed by atoms with Crippen LogP contribution >= 0.6 is 0 Å². The van der Waals surface area contributed by atoms with Crippen molar-refractivity contribution in [3.63, 3.8) is 0 Å². The zero-order valence-electron chi connectivity index (χ0n) is 10.7. The molecule has 0 amide bonds. The summed E-state index contributed by atoms with van der Waals surface area (Å²) in [7, 11) is 0. The SMILES string of the molecule is CC(C)COCCCNCc1ccc(CO)o1. The lowest BCUT2D eigenvalue weighted by Crippen LogP contribution is -2.16. The van der Waals surface area contributed by atoms with Gasteiger partial charge in [0.15, 0.2) is 0 Å². The maximum Gasteiger partial charge on any atom is 0.129 e. The zero-order chi connectivity index (χ0) is 12.5. The molecule has 0 atom stereocenters. The van der Waals surface area contributed by atoms with Crippen molar-refractivity contribution in [1.82, 2.24) is 5.32 Å². The van der Waals surface area contributed by atoms with Crippen molar-refractivity contribution in [2.75, 3.05) is 19.8 Å². The maximum absolute atomic E-state index is 8.83. The first kappa shape index (κ1) is 14.2. The summed E-state index contributed by atoms with van der Waals surface area (Å²) in [6.07, 6.45) is 1.00. The van der Waals surface area contributed by atoms with Crippen LogP contribution in [0, 0.1) is 5.92 Å². The molecule has 1 rings (SSSR count). The second-order valence-electron chi connectivity index (χ2n) is 4.53. The van der Waals surface area contributed by atoms with Crippen LogP contribution in [0.25, 0.3) is 0 Å². The van der Waals surface area contributed by atoms with Gasteiger partial charge in [0.1, 0.15) is 18.1 Å². The summed E-state index contributed by atoms with van der Waals surface area (Å²) < 4.78 is 10.8. The van der Waals surface area contributed by atoms with E-state index < -0.39 is 0 Å². The summed E-state index contributed by atoms with van der Waals surface area (Å²) in [5.74, 6) is 2.07. The summed E-state index contributed by atoms with van der Waals surface area (Å²) in [5, 5.41) is 12.1. The Labute approximate surface area is 103 Å². The lowest BCUT2D eigenvalue weighted by Gasteiger charge is -2.06. The molecule has 0 unspecified atom stereocenters. The maximum atomic E-state index is 8.83. The monoisotopic (exact) mass is 241 g/mol. The topological polar surface area (TPSA) is 54.6 Å². The zero-order valence-corrected chi connectivity index (χ0v) is 10.7. The first-order chi connectivity index (χ1) is 8.22. The molecule has 0 bridgehead atoms. The third-order valence-corrected chi connectivity index (χ3v) is 2.27. The van der Waals surface area contributed by atoms with Crippen LogP contribution in [0.4, 0.5) is 0 Å². The van der Waals surface area contributed by atoms with Crippen molar-refractivity contribution >= 4 is 0 Å². The summed E-state index contributed by atoms with van der Waals surface area (Å²) in [4.78, 5) is 0. The van der Waals surface area contributed by atoms with E-state index in [1.54, 1.807) is 6.07 Å². The van der Waals surface area contributed by atoms with Gasteiger partial charge in [-0.3, -0.25) is 0 Å². The van der Waals surface area contributed by atoms with Gasteiger partial charge in [-0.15, -0.1) is 0 Å². The van der Waals surface area contributed by atoms with Gasteiger partial charge in [-0.05, 0) is 31.0 Å². The molecule has 0 saturated carbocycles. The molecule has 0 saturated heterocycles. The fourth-order valence-corrected chi connectivity index (χ4v) is 1.43. The van der Waals surface area contributed by atoms with Crippen LogP contribution in [-0.4, -0.2) is 24.9 Å². The summed E-state index contributed by atoms with van der Waals surface area (Å²) in [5.41, 5.74) is 0. The average molecular weight is 241 g/mol. The number of hydrogen-bond acceptors (Lipinski definition) is 4. The fraction of sp³-hybridized carbons (Fsp3) is 0.692. The van der Waals surface area contributed by atoms with E-state index in [2.05, 4.69) is 19.2 Å². The molecule has 2 N–H and O–H groups in total. The minimum absolute atomic E-state index is 0.0386. The van der Waals surface area contributed by atoms with E-state index in [-0.39, 0.29) is 6.61 Å². The van der Waals surface area contributed by atoms with E-state index in [9.17, 15) is 0 Å². The number of ether oxygens (including phenoxy) is 1. The fourth-order valence-electron chi connectivity index (χ4n) is 1.43. The number of nitrogens with one attached hydrogen (secondary N) is 1. The van der Waals surface area contributed by atoms with Gasteiger partial charge < -0.3 is 19.6 Å². The Balaban J connectivity index is 1.97. The molecule has 1 heterocycles. The van der Waals surface area contributed by atoms with Gasteiger partial charge in [0.05, 0.1) is 6.54 Å². The van der Waals surface area contributed by atoms with Gasteiger partial charge in [0.2, 0.25) is 0 Å². The number of hydrogen-bond donors (Lipinski definition) is 2. The number of aliphatic hydroxyl groups is 1. The van der Waals surface area contributed by atoms with E-state index in [1.165, 1.54) is 0 Å². The molecule has 4 heteroatoms. The Morgan fingerprint density at radius 3 is 2.76 bits per heavy atom. The van der Waals surface area contributed by atoms with Crippen molar-refractivity contribution in [2.24, 2.45) is 5.92 Å². The predicted molar refractivity (Wildman–Crippen MR) is 66.6 cm³/mol. The first-order valence-electron chi connectivity index (χ1n) is 6.19. The highest BCUT2D eigenvalue weighted by atomic mass is 16.5. The molecule has 0 aliphatic rings. The van der Waals surface area contributed by atoms with Crippen LogP contribution in [0.15, 0.2) is 16.5 Å². The molecule has 4 nitrogen and oxygen atoms in total. The normalized spacial score (nSPS) is 11.3. The third-order valence-electron chi connectivity index (χ3n) is 2.27. The van der Waals surface area contributed by atoms with Gasteiger partial charge >= 0.3 is 0 Å². The van der Waals surface area contributed by atoms with Gasteiger partial charge in [-0.25, -0.2) is 0 Å². The molecule has 0 aliphatic heterocycles. The molecule has 0 radical (unpaired) electrons. The molecule has 0 spiro atoms. The first-order valence-corrected chi connectivity index (χ1v) is 6.19. The van der Waals surface area contributed by atoms with Crippen molar-refractivity contribution in [1.29, 1.82) is 0 Å². The van der Waals surface area contributed by atoms with Crippen LogP contribution in [0.1, 0.15) is 31.8 Å². The van der Waals surface area contributed by atoms with Crippen LogP contribution in [0.2, 0.25) is 0 Å². The third kappa shape index (κ3) is 6.46. The van der Waals surface area contributed by atoms with E-state index in [0.29, 0.717) is 18.2 Å². The van der Waals surface area contributed by atoms with Crippen molar-refractivity contribution < 1.29 is 14.3 Å². The average Bonchev–Trinajstić information content (AvgIpc) is 2.75. The van der Waals surface area contributed by atoms with Gasteiger partial charge in [0.25, 0.3) is 0 Å². The van der Waals surface area contributed by atoms with Crippen molar-refractivity contribution in [3.05, 3.63) is 23.7 Å². The Morgan fingerprint density at radius 2 is 2.12 bits per heavy atom. The number of aliphatic hydroxyl groups excluding tert-OH is 1. The van der Waals surface area contributed by atoms with Gasteiger partial charge in [0, 0.05) is 13.2 Å². The molecule has 1 aromatic rings. The highest BCUT2D eigenvalue weighted by Gasteiger charge is 2.00. The lowest BCUT2D eigenvalue weighted by atomic mass is 10.2. The molecule has 98 valence electrons. The summed E-state index contributed by atoms with van der Waals surface area (Å²) >= 11 is 0. The predicted octanol–water partition coefficient (Wildman–Crippen LogP) is 1.92. The number of rotatable bonds is 9. The molecular formula is C13H23NO3. The largest absolute Gasteiger partial charge is 0.462 e. The molecular weight excluding hydrogens is 218 g/mol. The molecule has 17 heavy (non-hydrogen) atoms. The van der Waals surface area contributed by atoms with E-state index in [4.69, 9.17) is 14.3 Å². The quantitative estimate of drug-likeness (QED) is 0.649. The van der Waals surface area contributed by atoms with E-state index in [1.807, 2.05) is 6.07 Å². The minimum Gasteiger partial charge on any atom is -0.462 e.